The summed E-state index contributed by atoms with van der Waals surface area (Å²) in [6.07, 6.45) is 0. The third kappa shape index (κ3) is 3.71. The van der Waals surface area contributed by atoms with E-state index in [9.17, 15) is 0 Å². The predicted octanol–water partition coefficient (Wildman–Crippen LogP) is 3.15. The molecule has 1 aromatic heterocycles. The molecule has 94 valence electrons. The molecule has 8 heteroatoms. The molecule has 1 aromatic carbocycles. The molecule has 0 amide bonds. The SMILES string of the molecule is CNSc1cccc(Nc2nc(Cl)nc(Cl)n2)c1. The van der Waals surface area contributed by atoms with Gasteiger partial charge in [-0.25, -0.2) is 0 Å². The van der Waals surface area contributed by atoms with Crippen LogP contribution in [0.1, 0.15) is 0 Å². The zero-order valence-corrected chi connectivity index (χ0v) is 11.6. The molecular formula is C10H9Cl2N5S. The molecule has 2 rings (SSSR count). The lowest BCUT2D eigenvalue weighted by Crippen LogP contribution is -1.99. The Balaban J connectivity index is 2.20. The Kier molecular flexibility index (Phi) is 4.60. The fourth-order valence-electron chi connectivity index (χ4n) is 1.27. The van der Waals surface area contributed by atoms with Crippen molar-refractivity contribution < 1.29 is 0 Å². The fraction of sp³-hybridized carbons (Fsp3) is 0.100. The molecule has 0 bridgehead atoms. The summed E-state index contributed by atoms with van der Waals surface area (Å²) < 4.78 is 3.00. The molecule has 0 aliphatic rings. The average Bonchev–Trinajstić information content (AvgIpc) is 2.28. The van der Waals surface area contributed by atoms with Gasteiger partial charge in [0.1, 0.15) is 0 Å². The fourth-order valence-corrected chi connectivity index (χ4v) is 2.20. The second-order valence-corrected chi connectivity index (χ2v) is 4.92. The van der Waals surface area contributed by atoms with Gasteiger partial charge in [-0.05, 0) is 60.4 Å². The second kappa shape index (κ2) is 6.19. The molecule has 0 spiro atoms. The highest BCUT2D eigenvalue weighted by atomic mass is 35.5. The lowest BCUT2D eigenvalue weighted by molar-refractivity contribution is 1.05. The van der Waals surface area contributed by atoms with E-state index in [1.165, 1.54) is 11.9 Å². The zero-order chi connectivity index (χ0) is 13.0. The number of benzene rings is 1. The van der Waals surface area contributed by atoms with E-state index < -0.39 is 0 Å². The summed E-state index contributed by atoms with van der Waals surface area (Å²) in [5.41, 5.74) is 0.841. The van der Waals surface area contributed by atoms with E-state index in [1.54, 1.807) is 0 Å². The Labute approximate surface area is 118 Å². The first-order valence-electron chi connectivity index (χ1n) is 4.95. The van der Waals surface area contributed by atoms with Gasteiger partial charge < -0.3 is 5.32 Å². The van der Waals surface area contributed by atoms with Gasteiger partial charge in [0.15, 0.2) is 0 Å². The highest BCUT2D eigenvalue weighted by Gasteiger charge is 2.04. The van der Waals surface area contributed by atoms with E-state index in [4.69, 9.17) is 23.2 Å². The van der Waals surface area contributed by atoms with E-state index in [-0.39, 0.29) is 10.6 Å². The normalized spacial score (nSPS) is 10.4. The summed E-state index contributed by atoms with van der Waals surface area (Å²) in [4.78, 5) is 12.6. The highest BCUT2D eigenvalue weighted by molar-refractivity contribution is 7.97. The molecule has 18 heavy (non-hydrogen) atoms. The molecule has 2 aromatic rings. The number of hydrogen-bond donors (Lipinski definition) is 2. The highest BCUT2D eigenvalue weighted by Crippen LogP contribution is 2.21. The van der Waals surface area contributed by atoms with Crippen molar-refractivity contribution in [2.75, 3.05) is 12.4 Å². The summed E-state index contributed by atoms with van der Waals surface area (Å²) in [6.45, 7) is 0. The van der Waals surface area contributed by atoms with Crippen LogP contribution in [0, 0.1) is 0 Å². The van der Waals surface area contributed by atoms with Crippen molar-refractivity contribution >= 4 is 46.8 Å². The summed E-state index contributed by atoms with van der Waals surface area (Å²) in [5, 5.41) is 3.12. The van der Waals surface area contributed by atoms with Crippen molar-refractivity contribution in [3.63, 3.8) is 0 Å². The minimum Gasteiger partial charge on any atom is -0.324 e. The van der Waals surface area contributed by atoms with Crippen LogP contribution < -0.4 is 10.0 Å². The number of rotatable bonds is 4. The van der Waals surface area contributed by atoms with E-state index >= 15 is 0 Å². The smallest absolute Gasteiger partial charge is 0.232 e. The molecule has 0 atom stereocenters. The first-order valence-corrected chi connectivity index (χ1v) is 6.52. The van der Waals surface area contributed by atoms with Crippen LogP contribution in [-0.4, -0.2) is 22.0 Å². The van der Waals surface area contributed by atoms with Gasteiger partial charge in [0.05, 0.1) is 0 Å². The van der Waals surface area contributed by atoms with Crippen LogP contribution >= 0.6 is 35.1 Å². The van der Waals surface area contributed by atoms with Crippen molar-refractivity contribution in [2.24, 2.45) is 0 Å². The predicted molar refractivity (Wildman–Crippen MR) is 74.5 cm³/mol. The van der Waals surface area contributed by atoms with Crippen LogP contribution in [0.3, 0.4) is 0 Å². The summed E-state index contributed by atoms with van der Waals surface area (Å²) in [6, 6.07) is 7.75. The molecule has 1 heterocycles. The van der Waals surface area contributed by atoms with E-state index in [2.05, 4.69) is 25.0 Å². The van der Waals surface area contributed by atoms with Gasteiger partial charge in [-0.15, -0.1) is 0 Å². The Hall–Kier alpha value is -1.08. The Morgan fingerprint density at radius 3 is 2.50 bits per heavy atom. The van der Waals surface area contributed by atoms with E-state index in [0.29, 0.717) is 5.95 Å². The molecule has 0 saturated heterocycles. The van der Waals surface area contributed by atoms with Crippen LogP contribution in [0.4, 0.5) is 11.6 Å². The molecule has 5 nitrogen and oxygen atoms in total. The third-order valence-electron chi connectivity index (χ3n) is 1.89. The minimum atomic E-state index is 0.0539. The van der Waals surface area contributed by atoms with Gasteiger partial charge in [-0.2, -0.15) is 15.0 Å². The monoisotopic (exact) mass is 301 g/mol. The Bertz CT molecular complexity index is 531. The number of nitrogens with one attached hydrogen (secondary N) is 2. The van der Waals surface area contributed by atoms with Gasteiger partial charge in [-0.1, -0.05) is 6.07 Å². The molecule has 2 N–H and O–H groups in total. The van der Waals surface area contributed by atoms with Crippen molar-refractivity contribution in [3.05, 3.63) is 34.8 Å². The molecule has 0 aliphatic carbocycles. The maximum Gasteiger partial charge on any atom is 0.232 e. The van der Waals surface area contributed by atoms with Gasteiger partial charge >= 0.3 is 0 Å². The zero-order valence-electron chi connectivity index (χ0n) is 9.32. The summed E-state index contributed by atoms with van der Waals surface area (Å²) >= 11 is 12.9. The van der Waals surface area contributed by atoms with Gasteiger partial charge in [0, 0.05) is 10.6 Å². The van der Waals surface area contributed by atoms with Crippen LogP contribution in [-0.2, 0) is 0 Å². The number of hydrogen-bond acceptors (Lipinski definition) is 6. The average molecular weight is 302 g/mol. The molecule has 0 unspecified atom stereocenters. The maximum atomic E-state index is 5.70. The van der Waals surface area contributed by atoms with Crippen LogP contribution in [0.25, 0.3) is 0 Å². The number of aromatic nitrogens is 3. The summed E-state index contributed by atoms with van der Waals surface area (Å²) in [5.74, 6) is 0.312. The van der Waals surface area contributed by atoms with E-state index in [0.717, 1.165) is 10.6 Å². The van der Waals surface area contributed by atoms with Gasteiger partial charge in [0.25, 0.3) is 0 Å². The molecule has 0 radical (unpaired) electrons. The van der Waals surface area contributed by atoms with Crippen LogP contribution in [0.2, 0.25) is 10.6 Å². The molecule has 0 fully saturated rings. The Morgan fingerprint density at radius 1 is 1.11 bits per heavy atom. The second-order valence-electron chi connectivity index (χ2n) is 3.16. The number of anilines is 2. The lowest BCUT2D eigenvalue weighted by atomic mass is 10.3. The molecular weight excluding hydrogens is 293 g/mol. The van der Waals surface area contributed by atoms with Crippen LogP contribution in [0.15, 0.2) is 29.2 Å². The van der Waals surface area contributed by atoms with E-state index in [1.807, 2.05) is 31.3 Å². The first-order chi connectivity index (χ1) is 8.67. The number of halogens is 2. The van der Waals surface area contributed by atoms with Crippen molar-refractivity contribution in [1.82, 2.24) is 19.7 Å². The standard InChI is InChI=1S/C10H9Cl2N5S/c1-13-18-7-4-2-3-6(5-7)14-10-16-8(11)15-9(12)17-10/h2-5,13H,1H3,(H,14,15,16,17). The third-order valence-corrected chi connectivity index (χ3v) is 2.92. The molecule has 0 saturated carbocycles. The van der Waals surface area contributed by atoms with Gasteiger partial charge in [0.2, 0.25) is 16.5 Å². The van der Waals surface area contributed by atoms with Crippen molar-refractivity contribution in [3.8, 4) is 0 Å². The Morgan fingerprint density at radius 2 is 1.83 bits per heavy atom. The topological polar surface area (TPSA) is 62.7 Å². The summed E-state index contributed by atoms with van der Waals surface area (Å²) in [7, 11) is 1.86. The van der Waals surface area contributed by atoms with Gasteiger partial charge in [-0.3, -0.25) is 4.72 Å². The minimum absolute atomic E-state index is 0.0539. The number of nitrogens with zero attached hydrogens (tertiary/aromatic N) is 3. The van der Waals surface area contributed by atoms with Crippen molar-refractivity contribution in [1.29, 1.82) is 0 Å². The largest absolute Gasteiger partial charge is 0.324 e. The molecule has 0 aliphatic heterocycles. The quantitative estimate of drug-likeness (QED) is 0.846. The lowest BCUT2D eigenvalue weighted by Gasteiger charge is -2.06. The van der Waals surface area contributed by atoms with Crippen molar-refractivity contribution in [2.45, 2.75) is 4.90 Å². The maximum absolute atomic E-state index is 5.70. The first kappa shape index (κ1) is 13.4. The van der Waals surface area contributed by atoms with Crippen LogP contribution in [0.5, 0.6) is 0 Å².